The van der Waals surface area contributed by atoms with Crippen LogP contribution in [0.1, 0.15) is 28.9 Å². The Morgan fingerprint density at radius 2 is 2.05 bits per heavy atom. The molecule has 0 bridgehead atoms. The average molecular weight is 261 g/mol. The number of benzene rings is 1. The second-order valence-corrected chi connectivity index (χ2v) is 4.35. The fourth-order valence-electron chi connectivity index (χ4n) is 2.14. The number of aryl methyl sites for hydroxylation is 1. The van der Waals surface area contributed by atoms with E-state index >= 15 is 0 Å². The summed E-state index contributed by atoms with van der Waals surface area (Å²) in [6.45, 7) is 1.81. The van der Waals surface area contributed by atoms with Gasteiger partial charge in [0, 0.05) is 29.1 Å². The van der Waals surface area contributed by atoms with E-state index in [9.17, 15) is 9.59 Å². The molecule has 19 heavy (non-hydrogen) atoms. The first-order chi connectivity index (χ1) is 9.02. The number of carbonyl (C=O) groups excluding carboxylic acids is 1. The van der Waals surface area contributed by atoms with Gasteiger partial charge in [0.2, 0.25) is 0 Å². The van der Waals surface area contributed by atoms with Crippen LogP contribution in [0.15, 0.2) is 18.2 Å². The van der Waals surface area contributed by atoms with Gasteiger partial charge in [0.05, 0.1) is 19.0 Å². The van der Waals surface area contributed by atoms with E-state index in [-0.39, 0.29) is 18.6 Å². The Balaban J connectivity index is 2.40. The molecule has 0 atom stereocenters. The summed E-state index contributed by atoms with van der Waals surface area (Å²) in [5.74, 6) is -0.415. The number of rotatable bonds is 5. The first kappa shape index (κ1) is 13.1. The summed E-state index contributed by atoms with van der Waals surface area (Å²) >= 11 is 0. The number of nitrogens with one attached hydrogen (secondary N) is 1. The van der Waals surface area contributed by atoms with Crippen LogP contribution in [0, 0.1) is 6.92 Å². The average Bonchev–Trinajstić information content (AvgIpc) is 2.70. The third-order valence-electron chi connectivity index (χ3n) is 3.04. The van der Waals surface area contributed by atoms with Gasteiger partial charge >= 0.3 is 5.97 Å². The summed E-state index contributed by atoms with van der Waals surface area (Å²) in [5.41, 5.74) is 2.13. The third-order valence-corrected chi connectivity index (χ3v) is 3.04. The number of methoxy groups -OCH3 is 1. The largest absolute Gasteiger partial charge is 0.497 e. The predicted octanol–water partition coefficient (Wildman–Crippen LogP) is 2.53. The monoisotopic (exact) mass is 261 g/mol. The second-order valence-electron chi connectivity index (χ2n) is 4.35. The highest BCUT2D eigenvalue weighted by Gasteiger charge is 2.17. The second kappa shape index (κ2) is 5.14. The van der Waals surface area contributed by atoms with Crippen LogP contribution >= 0.6 is 0 Å². The highest BCUT2D eigenvalue weighted by Crippen LogP contribution is 2.27. The number of ketones is 1. The zero-order valence-electron chi connectivity index (χ0n) is 10.8. The molecule has 2 rings (SSSR count). The van der Waals surface area contributed by atoms with Crippen molar-refractivity contribution in [2.24, 2.45) is 0 Å². The van der Waals surface area contributed by atoms with Crippen LogP contribution in [0.2, 0.25) is 0 Å². The fraction of sp³-hybridized carbons (Fsp3) is 0.286. The molecule has 0 aliphatic rings. The normalized spacial score (nSPS) is 10.6. The number of carbonyl (C=O) groups is 2. The van der Waals surface area contributed by atoms with Gasteiger partial charge in [-0.3, -0.25) is 9.59 Å². The molecular formula is C14H15NO4. The zero-order valence-corrected chi connectivity index (χ0v) is 10.8. The minimum Gasteiger partial charge on any atom is -0.497 e. The van der Waals surface area contributed by atoms with Gasteiger partial charge in [-0.05, 0) is 19.1 Å². The Hall–Kier alpha value is -2.30. The standard InChI is InChI=1S/C14H15NO4/c1-8-14(12(16)5-6-13(17)18)10-4-3-9(19-2)7-11(10)15-8/h3-4,7,15H,5-6H2,1-2H3,(H,17,18). The van der Waals surface area contributed by atoms with E-state index in [0.29, 0.717) is 11.3 Å². The summed E-state index contributed by atoms with van der Waals surface area (Å²) in [4.78, 5) is 25.7. The molecular weight excluding hydrogens is 246 g/mol. The van der Waals surface area contributed by atoms with Crippen molar-refractivity contribution in [2.75, 3.05) is 7.11 Å². The highest BCUT2D eigenvalue weighted by molar-refractivity contribution is 6.09. The molecule has 0 saturated carbocycles. The number of hydrogen-bond acceptors (Lipinski definition) is 3. The summed E-state index contributed by atoms with van der Waals surface area (Å²) in [6.07, 6.45) is -0.143. The Morgan fingerprint density at radius 1 is 1.32 bits per heavy atom. The van der Waals surface area contributed by atoms with Crippen LogP contribution in [-0.4, -0.2) is 29.0 Å². The topological polar surface area (TPSA) is 79.4 Å². The Labute approximate surface area is 110 Å². The molecule has 1 heterocycles. The number of aromatic amines is 1. The summed E-state index contributed by atoms with van der Waals surface area (Å²) in [5, 5.41) is 9.43. The van der Waals surface area contributed by atoms with Crippen LogP contribution in [0.3, 0.4) is 0 Å². The number of hydrogen-bond donors (Lipinski definition) is 2. The fourth-order valence-corrected chi connectivity index (χ4v) is 2.14. The molecule has 2 N–H and O–H groups in total. The summed E-state index contributed by atoms with van der Waals surface area (Å²) in [6, 6.07) is 5.41. The molecule has 100 valence electrons. The number of Topliss-reactive ketones (excluding diaryl/α,β-unsaturated/α-hetero) is 1. The number of H-pyrrole nitrogens is 1. The molecule has 0 saturated heterocycles. The molecule has 1 aromatic carbocycles. The molecule has 0 spiro atoms. The Bertz CT molecular complexity index is 642. The van der Waals surface area contributed by atoms with Crippen LogP contribution in [0.25, 0.3) is 10.9 Å². The van der Waals surface area contributed by atoms with Crippen molar-refractivity contribution in [1.82, 2.24) is 4.98 Å². The molecule has 5 heteroatoms. The molecule has 0 aliphatic carbocycles. The minimum absolute atomic E-state index is 0.00908. The van der Waals surface area contributed by atoms with Gasteiger partial charge in [-0.1, -0.05) is 0 Å². The molecule has 0 aliphatic heterocycles. The molecule has 2 aromatic rings. The van der Waals surface area contributed by atoms with Gasteiger partial charge in [0.15, 0.2) is 5.78 Å². The van der Waals surface area contributed by atoms with E-state index in [1.807, 2.05) is 12.1 Å². The van der Waals surface area contributed by atoms with Crippen molar-refractivity contribution in [3.05, 3.63) is 29.5 Å². The van der Waals surface area contributed by atoms with Gasteiger partial charge in [0.1, 0.15) is 5.75 Å². The Morgan fingerprint density at radius 3 is 2.68 bits per heavy atom. The SMILES string of the molecule is COc1ccc2c(C(=O)CCC(=O)O)c(C)[nH]c2c1. The lowest BCUT2D eigenvalue weighted by atomic mass is 10.0. The minimum atomic E-state index is -0.965. The van der Waals surface area contributed by atoms with Gasteiger partial charge in [-0.25, -0.2) is 0 Å². The summed E-state index contributed by atoms with van der Waals surface area (Å²) in [7, 11) is 1.58. The highest BCUT2D eigenvalue weighted by atomic mass is 16.5. The van der Waals surface area contributed by atoms with Gasteiger partial charge in [-0.2, -0.15) is 0 Å². The predicted molar refractivity (Wildman–Crippen MR) is 70.8 cm³/mol. The molecule has 0 amide bonds. The van der Waals surface area contributed by atoms with Crippen molar-refractivity contribution in [1.29, 1.82) is 0 Å². The van der Waals surface area contributed by atoms with Gasteiger partial charge in [-0.15, -0.1) is 0 Å². The molecule has 0 fully saturated rings. The van der Waals surface area contributed by atoms with Crippen LogP contribution < -0.4 is 4.74 Å². The number of carboxylic acid groups (broad SMARTS) is 1. The molecule has 0 radical (unpaired) electrons. The first-order valence-corrected chi connectivity index (χ1v) is 5.94. The third kappa shape index (κ3) is 2.59. The lowest BCUT2D eigenvalue weighted by molar-refractivity contribution is -0.136. The number of aliphatic carboxylic acids is 1. The number of carboxylic acids is 1. The van der Waals surface area contributed by atoms with Crippen LogP contribution in [0.5, 0.6) is 5.75 Å². The molecule has 5 nitrogen and oxygen atoms in total. The Kier molecular flexibility index (Phi) is 3.55. The van der Waals surface area contributed by atoms with Crippen molar-refractivity contribution in [2.45, 2.75) is 19.8 Å². The first-order valence-electron chi connectivity index (χ1n) is 5.94. The van der Waals surface area contributed by atoms with E-state index in [4.69, 9.17) is 9.84 Å². The number of aromatic nitrogens is 1. The van der Waals surface area contributed by atoms with Gasteiger partial charge in [0.25, 0.3) is 0 Å². The quantitative estimate of drug-likeness (QED) is 0.810. The maximum atomic E-state index is 12.1. The molecule has 1 aromatic heterocycles. The lowest BCUT2D eigenvalue weighted by Gasteiger charge is -2.01. The molecule has 0 unspecified atom stereocenters. The number of fused-ring (bicyclic) bond motifs is 1. The lowest BCUT2D eigenvalue weighted by Crippen LogP contribution is -2.04. The van der Waals surface area contributed by atoms with Crippen molar-refractivity contribution in [3.8, 4) is 5.75 Å². The maximum absolute atomic E-state index is 12.1. The van der Waals surface area contributed by atoms with Gasteiger partial charge < -0.3 is 14.8 Å². The number of ether oxygens (including phenoxy) is 1. The van der Waals surface area contributed by atoms with E-state index in [1.165, 1.54) is 0 Å². The zero-order chi connectivity index (χ0) is 14.0. The van der Waals surface area contributed by atoms with E-state index in [2.05, 4.69) is 4.98 Å². The van der Waals surface area contributed by atoms with Crippen molar-refractivity contribution >= 4 is 22.7 Å². The van der Waals surface area contributed by atoms with Crippen LogP contribution in [-0.2, 0) is 4.79 Å². The summed E-state index contributed by atoms with van der Waals surface area (Å²) < 4.78 is 5.13. The van der Waals surface area contributed by atoms with E-state index < -0.39 is 5.97 Å². The van der Waals surface area contributed by atoms with Crippen molar-refractivity contribution < 1.29 is 19.4 Å². The maximum Gasteiger partial charge on any atom is 0.303 e. The van der Waals surface area contributed by atoms with Crippen LogP contribution in [0.4, 0.5) is 0 Å². The van der Waals surface area contributed by atoms with E-state index in [1.54, 1.807) is 20.1 Å². The smallest absolute Gasteiger partial charge is 0.303 e. The van der Waals surface area contributed by atoms with Crippen molar-refractivity contribution in [3.63, 3.8) is 0 Å². The van der Waals surface area contributed by atoms with E-state index in [0.717, 1.165) is 16.6 Å².